The molecule has 0 radical (unpaired) electrons. The number of nitrogens with zero attached hydrogens (tertiary/aromatic N) is 4. The number of aryl methyl sites for hydroxylation is 1. The summed E-state index contributed by atoms with van der Waals surface area (Å²) >= 11 is 6.93. The van der Waals surface area contributed by atoms with Crippen LogP contribution >= 0.6 is 23.6 Å². The van der Waals surface area contributed by atoms with E-state index < -0.39 is 6.04 Å². The molecule has 30 heavy (non-hydrogen) atoms. The Bertz CT molecular complexity index is 1220. The number of hydrogen-bond donors (Lipinski definition) is 2. The highest BCUT2D eigenvalue weighted by atomic mass is 32.1. The van der Waals surface area contributed by atoms with Gasteiger partial charge < -0.3 is 5.32 Å². The smallest absolute Gasteiger partial charge is 0.243 e. The first-order chi connectivity index (χ1) is 14.5. The number of rotatable bonds is 6. The summed E-state index contributed by atoms with van der Waals surface area (Å²) in [6, 6.07) is 13.4. The van der Waals surface area contributed by atoms with Crippen molar-refractivity contribution < 1.29 is 4.79 Å². The molecular weight excluding hydrogens is 416 g/mol. The highest BCUT2D eigenvalue weighted by Gasteiger charge is 2.22. The van der Waals surface area contributed by atoms with Gasteiger partial charge in [-0.2, -0.15) is 10.2 Å². The summed E-state index contributed by atoms with van der Waals surface area (Å²) in [5, 5.41) is 16.8. The van der Waals surface area contributed by atoms with Crippen molar-refractivity contribution in [3.8, 4) is 16.4 Å². The first-order valence-corrected chi connectivity index (χ1v) is 10.8. The molecule has 0 saturated heterocycles. The van der Waals surface area contributed by atoms with Gasteiger partial charge in [-0.05, 0) is 56.6 Å². The second-order valence-electron chi connectivity index (χ2n) is 6.99. The minimum Gasteiger partial charge on any atom is -0.350 e. The predicted octanol–water partition coefficient (Wildman–Crippen LogP) is 4.35. The van der Waals surface area contributed by atoms with Crippen LogP contribution in [0, 0.1) is 18.6 Å². The molecule has 0 fully saturated rings. The lowest BCUT2D eigenvalue weighted by molar-refractivity contribution is -0.124. The lowest BCUT2D eigenvalue weighted by Crippen LogP contribution is -2.31. The Labute approximate surface area is 183 Å². The number of hydrogen-bond acceptors (Lipinski definition) is 5. The second kappa shape index (κ2) is 8.37. The number of benzene rings is 1. The third kappa shape index (κ3) is 3.73. The highest BCUT2D eigenvalue weighted by Crippen LogP contribution is 2.25. The monoisotopic (exact) mass is 438 g/mol. The minimum absolute atomic E-state index is 0.128. The van der Waals surface area contributed by atoms with Crippen molar-refractivity contribution in [2.24, 2.45) is 0 Å². The van der Waals surface area contributed by atoms with Crippen LogP contribution in [-0.4, -0.2) is 30.5 Å². The molecule has 1 atom stereocenters. The van der Waals surface area contributed by atoms with Crippen LogP contribution in [0.3, 0.4) is 0 Å². The maximum atomic E-state index is 12.9. The van der Waals surface area contributed by atoms with Gasteiger partial charge in [0.05, 0.1) is 16.3 Å². The van der Waals surface area contributed by atoms with E-state index in [1.807, 2.05) is 73.3 Å². The Balaban J connectivity index is 1.53. The van der Waals surface area contributed by atoms with E-state index in [-0.39, 0.29) is 5.91 Å². The summed E-state index contributed by atoms with van der Waals surface area (Å²) in [6.07, 6.45) is 0. The Morgan fingerprint density at radius 2 is 2.00 bits per heavy atom. The van der Waals surface area contributed by atoms with E-state index in [1.165, 1.54) is 0 Å². The molecule has 0 spiro atoms. The van der Waals surface area contributed by atoms with Crippen molar-refractivity contribution >= 4 is 29.5 Å². The van der Waals surface area contributed by atoms with Gasteiger partial charge in [0, 0.05) is 17.8 Å². The van der Waals surface area contributed by atoms with Gasteiger partial charge in [0.1, 0.15) is 6.04 Å². The Hall–Kier alpha value is -3.04. The van der Waals surface area contributed by atoms with Gasteiger partial charge in [-0.1, -0.05) is 24.3 Å². The maximum absolute atomic E-state index is 12.9. The zero-order chi connectivity index (χ0) is 21.3. The van der Waals surface area contributed by atoms with Crippen LogP contribution in [0.1, 0.15) is 29.9 Å². The molecule has 154 valence electrons. The maximum Gasteiger partial charge on any atom is 0.243 e. The topological polar surface area (TPSA) is 80.5 Å². The first-order valence-electron chi connectivity index (χ1n) is 9.56. The third-order valence-electron chi connectivity index (χ3n) is 5.09. The number of thiophene rings is 1. The number of nitrogens with one attached hydrogen (secondary N) is 2. The lowest BCUT2D eigenvalue weighted by atomic mass is 10.2. The third-order valence-corrected chi connectivity index (χ3v) is 6.25. The minimum atomic E-state index is -0.502. The van der Waals surface area contributed by atoms with Gasteiger partial charge >= 0.3 is 0 Å². The number of aromatic amines is 1. The average molecular weight is 439 g/mol. The molecule has 7 nitrogen and oxygen atoms in total. The van der Waals surface area contributed by atoms with E-state index in [1.54, 1.807) is 15.9 Å². The number of aromatic nitrogens is 5. The van der Waals surface area contributed by atoms with Gasteiger partial charge in [0.15, 0.2) is 10.6 Å². The van der Waals surface area contributed by atoms with Crippen LogP contribution in [0.5, 0.6) is 0 Å². The predicted molar refractivity (Wildman–Crippen MR) is 120 cm³/mol. The summed E-state index contributed by atoms with van der Waals surface area (Å²) in [7, 11) is 0. The standard InChI is InChI=1S/C21H22N6OS2/c1-13-17(14(2)27(25-13)16-8-5-4-6-9-16)12-22-20(28)15(3)26-19(23-24-21(26)29)18-10-7-11-30-18/h4-11,15H,12H2,1-3H3,(H,22,28)(H,24,29). The number of H-pyrrole nitrogens is 1. The second-order valence-corrected chi connectivity index (χ2v) is 8.32. The molecule has 0 aliphatic heterocycles. The molecule has 4 aromatic rings. The molecule has 1 amide bonds. The van der Waals surface area contributed by atoms with Crippen molar-refractivity contribution in [1.29, 1.82) is 0 Å². The fraction of sp³-hybridized carbons (Fsp3) is 0.238. The van der Waals surface area contributed by atoms with E-state index >= 15 is 0 Å². The molecule has 3 aromatic heterocycles. The summed E-state index contributed by atoms with van der Waals surface area (Å²) in [6.45, 7) is 6.19. The molecule has 4 rings (SSSR count). The molecule has 0 aliphatic carbocycles. The summed E-state index contributed by atoms with van der Waals surface area (Å²) in [5.41, 5.74) is 3.90. The molecule has 2 N–H and O–H groups in total. The van der Waals surface area contributed by atoms with Crippen LogP contribution in [0.15, 0.2) is 47.8 Å². The van der Waals surface area contributed by atoms with E-state index in [2.05, 4.69) is 20.6 Å². The van der Waals surface area contributed by atoms with Gasteiger partial charge in [0.25, 0.3) is 0 Å². The van der Waals surface area contributed by atoms with E-state index in [9.17, 15) is 4.79 Å². The number of para-hydroxylation sites is 1. The van der Waals surface area contributed by atoms with Crippen molar-refractivity contribution in [3.63, 3.8) is 0 Å². The van der Waals surface area contributed by atoms with E-state index in [0.717, 1.165) is 27.5 Å². The Morgan fingerprint density at radius 1 is 1.23 bits per heavy atom. The summed E-state index contributed by atoms with van der Waals surface area (Å²) < 4.78 is 4.08. The van der Waals surface area contributed by atoms with Crippen molar-refractivity contribution in [2.45, 2.75) is 33.4 Å². The van der Waals surface area contributed by atoms with E-state index in [4.69, 9.17) is 12.2 Å². The molecule has 1 aromatic carbocycles. The number of carbonyl (C=O) groups excluding carboxylic acids is 1. The number of carbonyl (C=O) groups is 1. The van der Waals surface area contributed by atoms with Crippen LogP contribution in [0.2, 0.25) is 0 Å². The number of amides is 1. The summed E-state index contributed by atoms with van der Waals surface area (Å²) in [4.78, 5) is 13.9. The van der Waals surface area contributed by atoms with Crippen LogP contribution in [-0.2, 0) is 11.3 Å². The average Bonchev–Trinajstić information content (AvgIpc) is 3.46. The van der Waals surface area contributed by atoms with E-state index in [0.29, 0.717) is 17.1 Å². The fourth-order valence-electron chi connectivity index (χ4n) is 3.44. The molecule has 3 heterocycles. The summed E-state index contributed by atoms with van der Waals surface area (Å²) in [5.74, 6) is 0.540. The lowest BCUT2D eigenvalue weighted by Gasteiger charge is -2.15. The molecule has 0 saturated carbocycles. The van der Waals surface area contributed by atoms with Gasteiger partial charge in [0.2, 0.25) is 5.91 Å². The van der Waals surface area contributed by atoms with Gasteiger partial charge in [-0.3, -0.25) is 14.5 Å². The molecule has 0 aliphatic rings. The highest BCUT2D eigenvalue weighted by molar-refractivity contribution is 7.71. The first kappa shape index (κ1) is 20.2. The quantitative estimate of drug-likeness (QED) is 0.439. The normalized spacial score (nSPS) is 12.1. The van der Waals surface area contributed by atoms with Crippen molar-refractivity contribution in [3.05, 3.63) is 69.6 Å². The SMILES string of the molecule is Cc1nn(-c2ccccc2)c(C)c1CNC(=O)C(C)n1c(-c2cccs2)n[nH]c1=S. The Kier molecular flexibility index (Phi) is 5.65. The van der Waals surface area contributed by atoms with Crippen LogP contribution in [0.25, 0.3) is 16.4 Å². The molecule has 9 heteroatoms. The van der Waals surface area contributed by atoms with Gasteiger partial charge in [-0.15, -0.1) is 11.3 Å². The zero-order valence-electron chi connectivity index (χ0n) is 16.9. The van der Waals surface area contributed by atoms with Crippen LogP contribution < -0.4 is 5.32 Å². The zero-order valence-corrected chi connectivity index (χ0v) is 18.5. The fourth-order valence-corrected chi connectivity index (χ4v) is 4.44. The largest absolute Gasteiger partial charge is 0.350 e. The molecule has 0 bridgehead atoms. The van der Waals surface area contributed by atoms with Crippen molar-refractivity contribution in [2.75, 3.05) is 0 Å². The Morgan fingerprint density at radius 3 is 2.70 bits per heavy atom. The van der Waals surface area contributed by atoms with Crippen LogP contribution in [0.4, 0.5) is 0 Å². The van der Waals surface area contributed by atoms with Crippen molar-refractivity contribution in [1.82, 2.24) is 29.9 Å². The van der Waals surface area contributed by atoms with Gasteiger partial charge in [-0.25, -0.2) is 4.68 Å². The molecule has 1 unspecified atom stereocenters. The molecular formula is C21H22N6OS2.